The maximum Gasteiger partial charge on any atom is 0.335 e. The monoisotopic (exact) mass is 199 g/mol. The first-order valence-corrected chi connectivity index (χ1v) is 3.38. The number of carbonyl (C=O) groups is 2. The van der Waals surface area contributed by atoms with Crippen LogP contribution in [0.2, 0.25) is 0 Å². The molecule has 76 valence electrons. The normalized spacial score (nSPS) is 8.86. The van der Waals surface area contributed by atoms with Gasteiger partial charge in [-0.05, 0) is 18.2 Å². The van der Waals surface area contributed by atoms with Crippen molar-refractivity contribution < 1.29 is 25.3 Å². The zero-order valence-corrected chi connectivity index (χ0v) is 7.02. The first-order valence-electron chi connectivity index (χ1n) is 3.38. The van der Waals surface area contributed by atoms with Crippen molar-refractivity contribution in [3.8, 4) is 0 Å². The summed E-state index contributed by atoms with van der Waals surface area (Å²) in [5.74, 6) is -2.40. The van der Waals surface area contributed by atoms with E-state index < -0.39 is 11.9 Å². The molecule has 0 spiro atoms. The predicted octanol–water partition coefficient (Wildman–Crippen LogP) is -0.159. The number of hydrogen-bond donors (Lipinski definition) is 3. The van der Waals surface area contributed by atoms with Gasteiger partial charge in [-0.2, -0.15) is 0 Å². The predicted molar refractivity (Wildman–Crippen MR) is 48.4 cm³/mol. The van der Waals surface area contributed by atoms with Crippen LogP contribution in [0.15, 0.2) is 18.2 Å². The summed E-state index contributed by atoms with van der Waals surface area (Å²) in [6.45, 7) is 0. The largest absolute Gasteiger partial charge is 0.478 e. The number of carboxylic acids is 2. The van der Waals surface area contributed by atoms with Crippen LogP contribution in [0.4, 0.5) is 5.69 Å². The molecule has 14 heavy (non-hydrogen) atoms. The highest BCUT2D eigenvalue weighted by Crippen LogP contribution is 2.11. The van der Waals surface area contributed by atoms with Gasteiger partial charge in [0.05, 0.1) is 11.1 Å². The van der Waals surface area contributed by atoms with E-state index in [0.717, 1.165) is 6.07 Å². The van der Waals surface area contributed by atoms with Crippen molar-refractivity contribution in [2.45, 2.75) is 0 Å². The minimum Gasteiger partial charge on any atom is -0.478 e. The summed E-state index contributed by atoms with van der Waals surface area (Å²) in [5, 5.41) is 17.1. The first kappa shape index (κ1) is 11.9. The van der Waals surface area contributed by atoms with Gasteiger partial charge in [-0.15, -0.1) is 0 Å². The fraction of sp³-hybridized carbons (Fsp3) is 0. The van der Waals surface area contributed by atoms with Crippen molar-refractivity contribution in [2.24, 2.45) is 0 Å². The lowest BCUT2D eigenvalue weighted by molar-refractivity contribution is 0.0696. The molecule has 0 saturated heterocycles. The van der Waals surface area contributed by atoms with Crippen LogP contribution in [-0.2, 0) is 0 Å². The molecule has 6 N–H and O–H groups in total. The molecule has 0 bridgehead atoms. The second-order valence-corrected chi connectivity index (χ2v) is 2.45. The lowest BCUT2D eigenvalue weighted by Gasteiger charge is -1.99. The minimum atomic E-state index is -1.20. The summed E-state index contributed by atoms with van der Waals surface area (Å²) >= 11 is 0. The third kappa shape index (κ3) is 2.46. The van der Waals surface area contributed by atoms with Crippen molar-refractivity contribution in [1.82, 2.24) is 0 Å². The Kier molecular flexibility index (Phi) is 3.61. The molecule has 0 atom stereocenters. The van der Waals surface area contributed by atoms with Crippen molar-refractivity contribution in [3.05, 3.63) is 29.3 Å². The van der Waals surface area contributed by atoms with E-state index in [0.29, 0.717) is 0 Å². The Morgan fingerprint density at radius 3 is 1.64 bits per heavy atom. The number of nitrogens with two attached hydrogens (primary N) is 1. The number of benzene rings is 1. The number of hydrogen-bond acceptors (Lipinski definition) is 3. The number of nitrogen functional groups attached to an aromatic ring is 1. The van der Waals surface area contributed by atoms with E-state index in [9.17, 15) is 9.59 Å². The summed E-state index contributed by atoms with van der Waals surface area (Å²) < 4.78 is 0. The molecule has 0 aliphatic rings. The Bertz CT molecular complexity index is 342. The van der Waals surface area contributed by atoms with Gasteiger partial charge < -0.3 is 21.4 Å². The maximum atomic E-state index is 10.5. The number of anilines is 1. The third-order valence-corrected chi connectivity index (χ3v) is 1.45. The summed E-state index contributed by atoms with van der Waals surface area (Å²) in [6.07, 6.45) is 0. The molecule has 0 unspecified atom stereocenters. The molecule has 6 heteroatoms. The Hall–Kier alpha value is -2.08. The van der Waals surface area contributed by atoms with Crippen LogP contribution in [0, 0.1) is 0 Å². The molecule has 0 aliphatic carbocycles. The Morgan fingerprint density at radius 1 is 1.00 bits per heavy atom. The Morgan fingerprint density at radius 2 is 1.36 bits per heavy atom. The van der Waals surface area contributed by atoms with Crippen LogP contribution in [0.1, 0.15) is 20.7 Å². The molecule has 0 fully saturated rings. The molecular formula is C8H9NO5. The molecule has 0 amide bonds. The molecular weight excluding hydrogens is 190 g/mol. The fourth-order valence-electron chi connectivity index (χ4n) is 0.899. The molecule has 6 nitrogen and oxygen atoms in total. The van der Waals surface area contributed by atoms with E-state index in [1.54, 1.807) is 0 Å². The van der Waals surface area contributed by atoms with E-state index in [1.165, 1.54) is 12.1 Å². The highest BCUT2D eigenvalue weighted by Gasteiger charge is 2.09. The maximum absolute atomic E-state index is 10.5. The summed E-state index contributed by atoms with van der Waals surface area (Å²) in [7, 11) is 0. The van der Waals surface area contributed by atoms with E-state index in [4.69, 9.17) is 15.9 Å². The van der Waals surface area contributed by atoms with E-state index in [1.807, 2.05) is 0 Å². The lowest BCUT2D eigenvalue weighted by atomic mass is 10.1. The van der Waals surface area contributed by atoms with E-state index in [-0.39, 0.29) is 22.3 Å². The van der Waals surface area contributed by atoms with Crippen LogP contribution in [0.3, 0.4) is 0 Å². The Balaban J connectivity index is 0.00000169. The minimum absolute atomic E-state index is 0. The van der Waals surface area contributed by atoms with Crippen molar-refractivity contribution in [1.29, 1.82) is 0 Å². The SMILES string of the molecule is Nc1cc(C(=O)O)cc(C(=O)O)c1.O. The van der Waals surface area contributed by atoms with Crippen molar-refractivity contribution in [2.75, 3.05) is 5.73 Å². The number of carboxylic acid groups (broad SMARTS) is 2. The second kappa shape index (κ2) is 4.24. The van der Waals surface area contributed by atoms with Gasteiger partial charge in [-0.1, -0.05) is 0 Å². The molecule has 0 heterocycles. The molecule has 0 saturated carbocycles. The third-order valence-electron chi connectivity index (χ3n) is 1.45. The van der Waals surface area contributed by atoms with E-state index in [2.05, 4.69) is 0 Å². The Labute approximate surface area is 78.9 Å². The van der Waals surface area contributed by atoms with Crippen LogP contribution < -0.4 is 5.73 Å². The van der Waals surface area contributed by atoms with Gasteiger partial charge >= 0.3 is 11.9 Å². The van der Waals surface area contributed by atoms with Crippen molar-refractivity contribution >= 4 is 17.6 Å². The average molecular weight is 199 g/mol. The van der Waals surface area contributed by atoms with Crippen LogP contribution in [-0.4, -0.2) is 27.6 Å². The van der Waals surface area contributed by atoms with Gasteiger partial charge in [-0.3, -0.25) is 0 Å². The molecule has 1 aromatic carbocycles. The topological polar surface area (TPSA) is 132 Å². The van der Waals surface area contributed by atoms with Gasteiger partial charge in [0, 0.05) is 5.69 Å². The molecule has 0 radical (unpaired) electrons. The molecule has 1 aromatic rings. The zero-order valence-electron chi connectivity index (χ0n) is 7.02. The van der Waals surface area contributed by atoms with Gasteiger partial charge in [0.1, 0.15) is 0 Å². The smallest absolute Gasteiger partial charge is 0.335 e. The van der Waals surface area contributed by atoms with Crippen LogP contribution in [0.5, 0.6) is 0 Å². The quantitative estimate of drug-likeness (QED) is 0.569. The first-order chi connectivity index (χ1) is 6.00. The fourth-order valence-corrected chi connectivity index (χ4v) is 0.899. The molecule has 0 aromatic heterocycles. The van der Waals surface area contributed by atoms with Gasteiger partial charge in [0.2, 0.25) is 0 Å². The lowest BCUT2D eigenvalue weighted by Crippen LogP contribution is -2.03. The molecule has 0 aliphatic heterocycles. The zero-order chi connectivity index (χ0) is 10.0. The van der Waals surface area contributed by atoms with Gasteiger partial charge in [0.25, 0.3) is 0 Å². The highest BCUT2D eigenvalue weighted by atomic mass is 16.4. The van der Waals surface area contributed by atoms with Crippen LogP contribution >= 0.6 is 0 Å². The second-order valence-electron chi connectivity index (χ2n) is 2.45. The number of aromatic carboxylic acids is 2. The van der Waals surface area contributed by atoms with E-state index >= 15 is 0 Å². The summed E-state index contributed by atoms with van der Waals surface area (Å²) in [5.41, 5.74) is 5.18. The molecule has 1 rings (SSSR count). The van der Waals surface area contributed by atoms with Crippen LogP contribution in [0.25, 0.3) is 0 Å². The van der Waals surface area contributed by atoms with Crippen molar-refractivity contribution in [3.63, 3.8) is 0 Å². The summed E-state index contributed by atoms with van der Waals surface area (Å²) in [6, 6.07) is 3.46. The summed E-state index contributed by atoms with van der Waals surface area (Å²) in [4.78, 5) is 21.0. The highest BCUT2D eigenvalue weighted by molar-refractivity contribution is 5.95. The average Bonchev–Trinajstić information content (AvgIpc) is 2.03. The van der Waals surface area contributed by atoms with Gasteiger partial charge in [-0.25, -0.2) is 9.59 Å². The van der Waals surface area contributed by atoms with Gasteiger partial charge in [0.15, 0.2) is 0 Å². The standard InChI is InChI=1S/C8H7NO4.H2O/c9-6-2-4(7(10)11)1-5(3-6)8(12)13;/h1-3H,9H2,(H,10,11)(H,12,13);1H2. The number of rotatable bonds is 2.